The molecule has 0 amide bonds. The van der Waals surface area contributed by atoms with Gasteiger partial charge in [-0.05, 0) is 0 Å². The Bertz CT molecular complexity index is 57.8. The monoisotopic (exact) mass is 270 g/mol. The van der Waals surface area contributed by atoms with Crippen LogP contribution >= 0.6 is 7.82 Å². The van der Waals surface area contributed by atoms with Gasteiger partial charge in [0.05, 0.1) is 0 Å². The molecule has 0 atom stereocenters. The van der Waals surface area contributed by atoms with E-state index < -0.39 is 7.82 Å². The van der Waals surface area contributed by atoms with Gasteiger partial charge in [-0.25, -0.2) is 0 Å². The van der Waals surface area contributed by atoms with Gasteiger partial charge in [0.25, 0.3) is 7.82 Å². The zero-order valence-electron chi connectivity index (χ0n) is 3.24. The Balaban J connectivity index is -0.0000000800. The van der Waals surface area contributed by atoms with Crippen LogP contribution in [0.2, 0.25) is 0 Å². The van der Waals surface area contributed by atoms with Crippen molar-refractivity contribution in [2.24, 2.45) is 0 Å². The van der Waals surface area contributed by atoms with Gasteiger partial charge >= 0.3 is 48.9 Å². The third-order valence-electron chi connectivity index (χ3n) is 0. The normalized spacial score (nSPS) is 8.43. The third kappa shape index (κ3) is 73.1. The minimum Gasteiger partial charge on any atom is -1.00 e. The van der Waals surface area contributed by atoms with Gasteiger partial charge in [0.1, 0.15) is 0 Å². The van der Waals surface area contributed by atoms with Crippen molar-refractivity contribution in [3.63, 3.8) is 0 Å². The van der Waals surface area contributed by atoms with Gasteiger partial charge in [0, 0.05) is 0 Å². The number of hydrogen-bond donors (Lipinski definition) is 2. The summed E-state index contributed by atoms with van der Waals surface area (Å²) in [5.74, 6) is 0. The Morgan fingerprint density at radius 2 is 1.43 bits per heavy atom. The maximum atomic E-state index is 8.77. The van der Waals surface area contributed by atoms with E-state index in [-0.39, 0.29) is 61.3 Å². The van der Waals surface area contributed by atoms with E-state index in [0.29, 0.717) is 0 Å². The minimum absolute atomic E-state index is 0. The van der Waals surface area contributed by atoms with Crippen molar-refractivity contribution in [3.05, 3.63) is 0 Å². The van der Waals surface area contributed by atoms with Crippen LogP contribution in [0.15, 0.2) is 0 Å². The molecule has 0 saturated carbocycles. The van der Waals surface area contributed by atoms with E-state index in [1.165, 1.54) is 0 Å². The second-order valence-corrected chi connectivity index (χ2v) is 1.47. The number of halogens is 1. The van der Waals surface area contributed by atoms with Crippen LogP contribution in [0.4, 0.5) is 0 Å². The fourth-order valence-electron chi connectivity index (χ4n) is 0. The zero-order valence-corrected chi connectivity index (χ0v) is 9.33. The molecule has 0 aliphatic heterocycles. The summed E-state index contributed by atoms with van der Waals surface area (Å²) in [5, 5.41) is 0. The van der Waals surface area contributed by atoms with Crippen LogP contribution < -0.4 is 17.3 Å². The molecule has 0 fully saturated rings. The van der Waals surface area contributed by atoms with Gasteiger partial charge in [0.2, 0.25) is 0 Å². The van der Waals surface area contributed by atoms with Crippen molar-refractivity contribution in [2.45, 2.75) is 0 Å². The SMILES string of the molecule is O=P([O-])(O)O.[Ba+2].[Cl-]. The summed E-state index contributed by atoms with van der Waals surface area (Å²) >= 11 is 0. The van der Waals surface area contributed by atoms with Gasteiger partial charge in [-0.1, -0.05) is 0 Å². The topological polar surface area (TPSA) is 80.6 Å². The van der Waals surface area contributed by atoms with Gasteiger partial charge < -0.3 is 27.1 Å². The average molecular weight is 270 g/mol. The molecule has 0 saturated heterocycles. The summed E-state index contributed by atoms with van der Waals surface area (Å²) in [6.07, 6.45) is 0. The molecule has 0 radical (unpaired) electrons. The smallest absolute Gasteiger partial charge is 1.00 e. The van der Waals surface area contributed by atoms with Crippen LogP contribution in [-0.2, 0) is 4.57 Å². The molecule has 0 unspecified atom stereocenters. The van der Waals surface area contributed by atoms with Crippen molar-refractivity contribution in [3.8, 4) is 0 Å². The third-order valence-corrected chi connectivity index (χ3v) is 0. The maximum Gasteiger partial charge on any atom is 2.00 e. The van der Waals surface area contributed by atoms with Gasteiger partial charge in [-0.2, -0.15) is 0 Å². The van der Waals surface area contributed by atoms with Crippen LogP contribution in [0.3, 0.4) is 0 Å². The first-order valence-corrected chi connectivity index (χ1v) is 2.30. The van der Waals surface area contributed by atoms with Crippen molar-refractivity contribution >= 4 is 56.7 Å². The molecule has 0 aliphatic rings. The van der Waals surface area contributed by atoms with E-state index in [4.69, 9.17) is 19.2 Å². The summed E-state index contributed by atoms with van der Waals surface area (Å²) in [4.78, 5) is 22.9. The molecule has 7 heavy (non-hydrogen) atoms. The van der Waals surface area contributed by atoms with Crippen molar-refractivity contribution < 1.29 is 31.7 Å². The molecule has 2 N–H and O–H groups in total. The van der Waals surface area contributed by atoms with E-state index >= 15 is 0 Å². The quantitative estimate of drug-likeness (QED) is 0.341. The molecule has 40 valence electrons. The maximum absolute atomic E-state index is 8.77. The average Bonchev–Trinajstić information content (AvgIpc) is 0.722. The first-order chi connectivity index (χ1) is 2.00. The summed E-state index contributed by atoms with van der Waals surface area (Å²) in [6, 6.07) is 0. The molecule has 0 aromatic carbocycles. The Morgan fingerprint density at radius 3 is 1.43 bits per heavy atom. The zero-order chi connectivity index (χ0) is 4.50. The molecular formula is H2BaClO4P. The van der Waals surface area contributed by atoms with Gasteiger partial charge in [0.15, 0.2) is 0 Å². The largest absolute Gasteiger partial charge is 2.00 e. The fourth-order valence-corrected chi connectivity index (χ4v) is 0. The number of hydrogen-bond acceptors (Lipinski definition) is 2. The van der Waals surface area contributed by atoms with Crippen LogP contribution in [-0.4, -0.2) is 58.7 Å². The van der Waals surface area contributed by atoms with E-state index in [1.807, 2.05) is 0 Å². The second kappa shape index (κ2) is 6.10. The van der Waals surface area contributed by atoms with Crippen LogP contribution in [0.1, 0.15) is 0 Å². The summed E-state index contributed by atoms with van der Waals surface area (Å²) < 4.78 is 8.77. The number of rotatable bonds is 0. The summed E-state index contributed by atoms with van der Waals surface area (Å²) in [7, 11) is -4.89. The predicted octanol–water partition coefficient (Wildman–Crippen LogP) is -4.94. The molecule has 0 aliphatic carbocycles. The molecule has 0 rings (SSSR count). The Hall–Kier alpha value is 1.97. The molecular weight excluding hydrogens is 268 g/mol. The van der Waals surface area contributed by atoms with E-state index in [2.05, 4.69) is 0 Å². The van der Waals surface area contributed by atoms with E-state index in [1.54, 1.807) is 0 Å². The van der Waals surface area contributed by atoms with Crippen LogP contribution in [0.5, 0.6) is 0 Å². The first-order valence-electron chi connectivity index (χ1n) is 0.765. The minimum atomic E-state index is -4.89. The summed E-state index contributed by atoms with van der Waals surface area (Å²) in [6.45, 7) is 0. The van der Waals surface area contributed by atoms with E-state index in [0.717, 1.165) is 0 Å². The van der Waals surface area contributed by atoms with E-state index in [9.17, 15) is 0 Å². The molecule has 4 nitrogen and oxygen atoms in total. The summed E-state index contributed by atoms with van der Waals surface area (Å²) in [5.41, 5.74) is 0. The van der Waals surface area contributed by atoms with Crippen LogP contribution in [0.25, 0.3) is 0 Å². The Labute approximate surface area is 87.0 Å². The number of phosphoric acid groups is 1. The van der Waals surface area contributed by atoms with Crippen molar-refractivity contribution in [1.82, 2.24) is 0 Å². The molecule has 0 aromatic heterocycles. The standard InChI is InChI=1S/Ba.ClH.H3O4P/c;;1-5(2,3)4/h;1H;(H3,1,2,3,4)/q+2;;/p-2. The predicted molar refractivity (Wildman–Crippen MR) is 17.8 cm³/mol. The van der Waals surface area contributed by atoms with Crippen LogP contribution in [0, 0.1) is 0 Å². The molecule has 7 heteroatoms. The first kappa shape index (κ1) is 16.0. The molecule has 0 bridgehead atoms. The molecule has 0 spiro atoms. The fraction of sp³-hybridized carbons (Fsp3) is 0. The molecule has 0 aromatic rings. The molecule has 0 heterocycles. The second-order valence-electron chi connectivity index (χ2n) is 0.491. The Kier molecular flexibility index (Phi) is 13.9. The Morgan fingerprint density at radius 1 is 1.43 bits per heavy atom. The van der Waals surface area contributed by atoms with Gasteiger partial charge in [-0.15, -0.1) is 0 Å². The van der Waals surface area contributed by atoms with Gasteiger partial charge in [-0.3, -0.25) is 4.57 Å². The van der Waals surface area contributed by atoms with Crippen molar-refractivity contribution in [2.75, 3.05) is 0 Å². The van der Waals surface area contributed by atoms with Crippen molar-refractivity contribution in [1.29, 1.82) is 0 Å².